The normalized spacial score (nSPS) is 44.6. The Balaban J connectivity index is 2.19. The van der Waals surface area contributed by atoms with Gasteiger partial charge in [0.2, 0.25) is 0 Å². The van der Waals surface area contributed by atoms with Crippen molar-refractivity contribution < 1.29 is 9.53 Å². The van der Waals surface area contributed by atoms with Gasteiger partial charge in [0, 0.05) is 17.3 Å². The number of rotatable bonds is 0. The summed E-state index contributed by atoms with van der Waals surface area (Å²) in [6.07, 6.45) is 6.72. The van der Waals surface area contributed by atoms with Gasteiger partial charge in [-0.2, -0.15) is 0 Å². The molecule has 2 bridgehead atoms. The van der Waals surface area contributed by atoms with E-state index in [4.69, 9.17) is 4.74 Å². The Morgan fingerprint density at radius 2 is 2.19 bits per heavy atom. The van der Waals surface area contributed by atoms with Gasteiger partial charge < -0.3 is 4.74 Å². The number of hydrogen-bond donors (Lipinski definition) is 0. The van der Waals surface area contributed by atoms with Gasteiger partial charge in [-0.1, -0.05) is 32.1 Å². The smallest absolute Gasteiger partial charge is 0.158 e. The van der Waals surface area contributed by atoms with Gasteiger partial charge in [0.05, 0.1) is 12.2 Å². The number of carbonyl (C=O) groups is 1. The third-order valence-electron chi connectivity index (χ3n) is 4.92. The van der Waals surface area contributed by atoms with E-state index in [-0.39, 0.29) is 28.8 Å². The minimum atomic E-state index is -0.0934. The van der Waals surface area contributed by atoms with Gasteiger partial charge >= 0.3 is 0 Å². The molecule has 3 aliphatic rings. The number of hydrogen-bond acceptors (Lipinski definition) is 2. The van der Waals surface area contributed by atoms with Crippen molar-refractivity contribution in [3.63, 3.8) is 0 Å². The van der Waals surface area contributed by atoms with Crippen LogP contribution in [0.15, 0.2) is 24.3 Å². The van der Waals surface area contributed by atoms with Crippen molar-refractivity contribution >= 4 is 5.78 Å². The molecule has 3 atom stereocenters. The molecule has 2 nitrogen and oxygen atoms in total. The highest BCUT2D eigenvalue weighted by atomic mass is 16.5. The van der Waals surface area contributed by atoms with Crippen LogP contribution in [0.4, 0.5) is 0 Å². The Bertz CT molecular complexity index is 405. The van der Waals surface area contributed by atoms with Crippen LogP contribution in [0.3, 0.4) is 0 Å². The van der Waals surface area contributed by atoms with Crippen molar-refractivity contribution in [2.45, 2.75) is 45.3 Å². The van der Waals surface area contributed by atoms with Gasteiger partial charge in [-0.3, -0.25) is 4.79 Å². The van der Waals surface area contributed by atoms with Gasteiger partial charge in [0.25, 0.3) is 0 Å². The zero-order valence-corrected chi connectivity index (χ0v) is 9.95. The maximum absolute atomic E-state index is 11.5. The Morgan fingerprint density at radius 1 is 1.44 bits per heavy atom. The molecule has 0 aromatic heterocycles. The first-order valence-electron chi connectivity index (χ1n) is 6.04. The van der Waals surface area contributed by atoms with Gasteiger partial charge in [-0.15, -0.1) is 0 Å². The van der Waals surface area contributed by atoms with Crippen LogP contribution in [0.25, 0.3) is 0 Å². The zero-order valence-electron chi connectivity index (χ0n) is 9.95. The van der Waals surface area contributed by atoms with Crippen molar-refractivity contribution in [3.05, 3.63) is 24.3 Å². The van der Waals surface area contributed by atoms with E-state index in [0.717, 1.165) is 12.8 Å². The second-order valence-corrected chi connectivity index (χ2v) is 5.85. The number of fused-ring (bicyclic) bond motifs is 1. The van der Waals surface area contributed by atoms with Crippen LogP contribution in [-0.4, -0.2) is 18.0 Å². The minimum absolute atomic E-state index is 0.0278. The van der Waals surface area contributed by atoms with Crippen LogP contribution in [0, 0.1) is 10.8 Å². The summed E-state index contributed by atoms with van der Waals surface area (Å²) in [6.45, 7) is 8.75. The lowest BCUT2D eigenvalue weighted by Crippen LogP contribution is -2.48. The first-order valence-corrected chi connectivity index (χ1v) is 6.04. The SMILES string of the molecule is C=C1CC[C@@H]2O[C@H]3CC(=O)C=C[C@]13C2(C)C. The average molecular weight is 218 g/mol. The van der Waals surface area contributed by atoms with Gasteiger partial charge in [0.1, 0.15) is 0 Å². The van der Waals surface area contributed by atoms with Crippen LogP contribution in [0.2, 0.25) is 0 Å². The number of ketones is 1. The fourth-order valence-electron chi connectivity index (χ4n) is 3.91. The summed E-state index contributed by atoms with van der Waals surface area (Å²) < 4.78 is 6.10. The second-order valence-electron chi connectivity index (χ2n) is 5.85. The average Bonchev–Trinajstić information content (AvgIpc) is 2.34. The van der Waals surface area contributed by atoms with E-state index in [0.29, 0.717) is 6.42 Å². The molecule has 2 heteroatoms. The Labute approximate surface area is 96.4 Å². The summed E-state index contributed by atoms with van der Waals surface area (Å²) in [5.41, 5.74) is 1.23. The number of carbonyl (C=O) groups excluding carboxylic acids is 1. The topological polar surface area (TPSA) is 26.3 Å². The molecule has 1 heterocycles. The Kier molecular flexibility index (Phi) is 1.84. The molecule has 1 spiro atoms. The summed E-state index contributed by atoms with van der Waals surface area (Å²) >= 11 is 0. The highest BCUT2D eigenvalue weighted by molar-refractivity contribution is 5.91. The van der Waals surface area contributed by atoms with Crippen molar-refractivity contribution in [3.8, 4) is 0 Å². The van der Waals surface area contributed by atoms with Gasteiger partial charge in [-0.05, 0) is 18.9 Å². The minimum Gasteiger partial charge on any atom is -0.373 e. The molecular weight excluding hydrogens is 200 g/mol. The molecule has 1 aliphatic heterocycles. The fourth-order valence-corrected chi connectivity index (χ4v) is 3.91. The highest BCUT2D eigenvalue weighted by Gasteiger charge is 2.64. The Morgan fingerprint density at radius 3 is 2.94 bits per heavy atom. The van der Waals surface area contributed by atoms with Crippen molar-refractivity contribution in [1.82, 2.24) is 0 Å². The van der Waals surface area contributed by atoms with E-state index in [1.54, 1.807) is 6.08 Å². The summed E-state index contributed by atoms with van der Waals surface area (Å²) in [5.74, 6) is 0.187. The molecule has 2 aliphatic carbocycles. The molecule has 0 aromatic rings. The number of allylic oxidation sites excluding steroid dienone is 1. The summed E-state index contributed by atoms with van der Waals surface area (Å²) in [4.78, 5) is 11.5. The molecule has 0 unspecified atom stereocenters. The van der Waals surface area contributed by atoms with E-state index in [9.17, 15) is 4.79 Å². The molecule has 16 heavy (non-hydrogen) atoms. The predicted octanol–water partition coefficient (Wildman–Crippen LogP) is 2.65. The second kappa shape index (κ2) is 2.86. The molecule has 0 radical (unpaired) electrons. The number of ether oxygens (including phenoxy) is 1. The fraction of sp³-hybridized carbons (Fsp3) is 0.643. The zero-order chi connectivity index (χ0) is 11.6. The van der Waals surface area contributed by atoms with Crippen molar-refractivity contribution in [2.24, 2.45) is 10.8 Å². The third kappa shape index (κ3) is 0.945. The van der Waals surface area contributed by atoms with Crippen LogP contribution in [0.5, 0.6) is 0 Å². The summed E-state index contributed by atoms with van der Waals surface area (Å²) in [5, 5.41) is 0. The van der Waals surface area contributed by atoms with E-state index < -0.39 is 0 Å². The first-order chi connectivity index (χ1) is 7.48. The van der Waals surface area contributed by atoms with Crippen LogP contribution < -0.4 is 0 Å². The lowest BCUT2D eigenvalue weighted by atomic mass is 9.53. The molecule has 1 saturated heterocycles. The molecule has 2 fully saturated rings. The van der Waals surface area contributed by atoms with Crippen molar-refractivity contribution in [2.75, 3.05) is 0 Å². The van der Waals surface area contributed by atoms with Gasteiger partial charge in [-0.25, -0.2) is 0 Å². The van der Waals surface area contributed by atoms with Gasteiger partial charge in [0.15, 0.2) is 5.78 Å². The Hall–Kier alpha value is -0.890. The van der Waals surface area contributed by atoms with Crippen LogP contribution in [-0.2, 0) is 9.53 Å². The maximum atomic E-state index is 11.5. The lowest BCUT2D eigenvalue weighted by molar-refractivity contribution is -0.118. The van der Waals surface area contributed by atoms with E-state index >= 15 is 0 Å². The molecule has 0 amide bonds. The molecule has 86 valence electrons. The molecule has 1 saturated carbocycles. The lowest BCUT2D eigenvalue weighted by Gasteiger charge is -2.48. The maximum Gasteiger partial charge on any atom is 0.158 e. The standard InChI is InChI=1S/C14H18O2/c1-9-4-5-11-13(2,3)14(9)7-6-10(15)8-12(14)16-11/h6-7,11-12H,1,4-5,8H2,2-3H3/t11-,12-,14-/m0/s1. The van der Waals surface area contributed by atoms with Crippen molar-refractivity contribution in [1.29, 1.82) is 0 Å². The molecule has 0 N–H and O–H groups in total. The monoisotopic (exact) mass is 218 g/mol. The summed E-state index contributed by atoms with van der Waals surface area (Å²) in [6, 6.07) is 0. The predicted molar refractivity (Wildman–Crippen MR) is 62.0 cm³/mol. The van der Waals surface area contributed by atoms with E-state index in [2.05, 4.69) is 26.5 Å². The van der Waals surface area contributed by atoms with E-state index in [1.165, 1.54) is 5.57 Å². The van der Waals surface area contributed by atoms with Crippen LogP contribution in [0.1, 0.15) is 33.1 Å². The van der Waals surface area contributed by atoms with E-state index in [1.807, 2.05) is 0 Å². The highest BCUT2D eigenvalue weighted by Crippen LogP contribution is 2.64. The first kappa shape index (κ1) is 10.3. The largest absolute Gasteiger partial charge is 0.373 e. The molecule has 3 rings (SSSR count). The third-order valence-corrected chi connectivity index (χ3v) is 4.92. The van der Waals surface area contributed by atoms with Crippen LogP contribution >= 0.6 is 0 Å². The molecule has 0 aromatic carbocycles. The molecular formula is C14H18O2. The quantitative estimate of drug-likeness (QED) is 0.584. The summed E-state index contributed by atoms with van der Waals surface area (Å²) in [7, 11) is 0.